The highest BCUT2D eigenvalue weighted by Crippen LogP contribution is 2.36. The predicted octanol–water partition coefficient (Wildman–Crippen LogP) is 2.44. The van der Waals surface area contributed by atoms with E-state index in [4.69, 9.17) is 15.2 Å². The minimum atomic E-state index is -0.00527. The van der Waals surface area contributed by atoms with Crippen molar-refractivity contribution < 1.29 is 9.47 Å². The van der Waals surface area contributed by atoms with Crippen molar-refractivity contribution in [2.45, 2.75) is 37.8 Å². The van der Waals surface area contributed by atoms with Gasteiger partial charge in [-0.25, -0.2) is 0 Å². The minimum Gasteiger partial charge on any atom is -0.497 e. The van der Waals surface area contributed by atoms with Crippen LogP contribution < -0.4 is 10.5 Å². The molecule has 3 nitrogen and oxygen atoms in total. The molecular formula is C15H21NO2. The molecule has 3 heteroatoms. The lowest BCUT2D eigenvalue weighted by atomic mass is 10.1. The summed E-state index contributed by atoms with van der Waals surface area (Å²) in [6.45, 7) is 0.855. The molecule has 0 radical (unpaired) electrons. The first-order chi connectivity index (χ1) is 8.78. The molecule has 0 bridgehead atoms. The number of fused-ring (bicyclic) bond motifs is 1. The number of ether oxygens (including phenoxy) is 2. The first-order valence-electron chi connectivity index (χ1n) is 6.82. The molecule has 98 valence electrons. The predicted molar refractivity (Wildman–Crippen MR) is 70.7 cm³/mol. The molecule has 2 N–H and O–H groups in total. The van der Waals surface area contributed by atoms with Gasteiger partial charge < -0.3 is 15.2 Å². The minimum absolute atomic E-state index is 0.00527. The van der Waals surface area contributed by atoms with Crippen LogP contribution in [0.15, 0.2) is 18.2 Å². The summed E-state index contributed by atoms with van der Waals surface area (Å²) in [5, 5.41) is 0. The monoisotopic (exact) mass is 247 g/mol. The van der Waals surface area contributed by atoms with Gasteiger partial charge in [-0.2, -0.15) is 0 Å². The van der Waals surface area contributed by atoms with Crippen LogP contribution in [0.3, 0.4) is 0 Å². The van der Waals surface area contributed by atoms with Gasteiger partial charge in [0.15, 0.2) is 0 Å². The first kappa shape index (κ1) is 12.0. The maximum absolute atomic E-state index is 6.27. The Morgan fingerprint density at radius 1 is 1.33 bits per heavy atom. The molecular weight excluding hydrogens is 226 g/mol. The maximum atomic E-state index is 6.27. The average molecular weight is 247 g/mol. The van der Waals surface area contributed by atoms with E-state index in [1.807, 2.05) is 12.1 Å². The van der Waals surface area contributed by atoms with Crippen LogP contribution in [0.1, 0.15) is 36.4 Å². The largest absolute Gasteiger partial charge is 0.497 e. The highest BCUT2D eigenvalue weighted by Gasteiger charge is 2.31. The van der Waals surface area contributed by atoms with E-state index in [0.717, 1.165) is 24.7 Å². The van der Waals surface area contributed by atoms with Gasteiger partial charge in [0.25, 0.3) is 0 Å². The lowest BCUT2D eigenvalue weighted by molar-refractivity contribution is 0.0400. The normalized spacial score (nSPS) is 26.1. The second-order valence-corrected chi connectivity index (χ2v) is 5.44. The van der Waals surface area contributed by atoms with E-state index in [2.05, 4.69) is 6.07 Å². The Balaban J connectivity index is 1.62. The van der Waals surface area contributed by atoms with Crippen molar-refractivity contribution in [3.8, 4) is 5.75 Å². The van der Waals surface area contributed by atoms with Gasteiger partial charge in [0.1, 0.15) is 5.75 Å². The van der Waals surface area contributed by atoms with Crippen molar-refractivity contribution in [2.24, 2.45) is 11.7 Å². The number of hydrogen-bond acceptors (Lipinski definition) is 3. The van der Waals surface area contributed by atoms with Crippen molar-refractivity contribution in [1.82, 2.24) is 0 Å². The second kappa shape index (κ2) is 4.90. The van der Waals surface area contributed by atoms with Crippen LogP contribution in [0.4, 0.5) is 0 Å². The summed E-state index contributed by atoms with van der Waals surface area (Å²) >= 11 is 0. The highest BCUT2D eigenvalue weighted by atomic mass is 16.5. The van der Waals surface area contributed by atoms with Gasteiger partial charge in [-0.15, -0.1) is 0 Å². The molecule has 1 aromatic carbocycles. The molecule has 0 aromatic heterocycles. The molecule has 2 unspecified atom stereocenters. The van der Waals surface area contributed by atoms with Crippen molar-refractivity contribution in [3.05, 3.63) is 29.3 Å². The highest BCUT2D eigenvalue weighted by molar-refractivity contribution is 5.42. The zero-order valence-electron chi connectivity index (χ0n) is 10.9. The summed E-state index contributed by atoms with van der Waals surface area (Å²) in [7, 11) is 1.69. The Hall–Kier alpha value is -1.06. The third-order valence-electron chi connectivity index (χ3n) is 4.09. The third kappa shape index (κ3) is 2.38. The smallest absolute Gasteiger partial charge is 0.119 e. The Bertz CT molecular complexity index is 429. The van der Waals surface area contributed by atoms with Crippen LogP contribution in [-0.4, -0.2) is 19.8 Å². The molecule has 1 fully saturated rings. The van der Waals surface area contributed by atoms with Crippen LogP contribution in [0.25, 0.3) is 0 Å². The number of benzene rings is 1. The van der Waals surface area contributed by atoms with E-state index in [1.54, 1.807) is 7.11 Å². The molecule has 0 saturated heterocycles. The average Bonchev–Trinajstić information content (AvgIpc) is 3.16. The lowest BCUT2D eigenvalue weighted by Gasteiger charge is -2.17. The standard InChI is InChI=1S/C15H21NO2/c1-17-12-5-4-11-8-14(15(16)13(11)9-12)18-7-6-10-2-3-10/h4-5,9-10,14-15H,2-3,6-8,16H2,1H3. The molecule has 2 aliphatic carbocycles. The first-order valence-corrected chi connectivity index (χ1v) is 6.82. The van der Waals surface area contributed by atoms with Crippen molar-refractivity contribution in [2.75, 3.05) is 13.7 Å². The molecule has 1 aromatic rings. The van der Waals surface area contributed by atoms with Gasteiger partial charge in [-0.3, -0.25) is 0 Å². The van der Waals surface area contributed by atoms with Gasteiger partial charge in [0.2, 0.25) is 0 Å². The number of hydrogen-bond donors (Lipinski definition) is 1. The Morgan fingerprint density at radius 3 is 2.89 bits per heavy atom. The summed E-state index contributed by atoms with van der Waals surface area (Å²) in [5.41, 5.74) is 8.76. The maximum Gasteiger partial charge on any atom is 0.119 e. The van der Waals surface area contributed by atoms with E-state index in [1.165, 1.54) is 30.4 Å². The topological polar surface area (TPSA) is 44.5 Å². The second-order valence-electron chi connectivity index (χ2n) is 5.44. The van der Waals surface area contributed by atoms with Gasteiger partial charge >= 0.3 is 0 Å². The molecule has 0 amide bonds. The Kier molecular flexibility index (Phi) is 3.27. The van der Waals surface area contributed by atoms with Crippen molar-refractivity contribution >= 4 is 0 Å². The molecule has 3 rings (SSSR count). The van der Waals surface area contributed by atoms with Gasteiger partial charge in [-0.05, 0) is 35.6 Å². The molecule has 18 heavy (non-hydrogen) atoms. The fraction of sp³-hybridized carbons (Fsp3) is 0.600. The number of methoxy groups -OCH3 is 1. The summed E-state index contributed by atoms with van der Waals surface area (Å²) in [5.74, 6) is 1.80. The lowest BCUT2D eigenvalue weighted by Crippen LogP contribution is -2.25. The van der Waals surface area contributed by atoms with Crippen LogP contribution in [0, 0.1) is 5.92 Å². The molecule has 0 spiro atoms. The summed E-state index contributed by atoms with van der Waals surface area (Å²) in [4.78, 5) is 0. The Morgan fingerprint density at radius 2 is 2.17 bits per heavy atom. The molecule has 0 heterocycles. The van der Waals surface area contributed by atoms with Crippen LogP contribution in [0.5, 0.6) is 5.75 Å². The summed E-state index contributed by atoms with van der Waals surface area (Å²) < 4.78 is 11.2. The SMILES string of the molecule is COc1ccc2c(c1)C(N)C(OCCC1CC1)C2. The van der Waals surface area contributed by atoms with Crippen molar-refractivity contribution in [3.63, 3.8) is 0 Å². The van der Waals surface area contributed by atoms with E-state index in [-0.39, 0.29) is 12.1 Å². The zero-order chi connectivity index (χ0) is 12.5. The van der Waals surface area contributed by atoms with E-state index < -0.39 is 0 Å². The van der Waals surface area contributed by atoms with E-state index >= 15 is 0 Å². The quantitative estimate of drug-likeness (QED) is 0.869. The van der Waals surface area contributed by atoms with E-state index in [9.17, 15) is 0 Å². The van der Waals surface area contributed by atoms with Gasteiger partial charge in [0, 0.05) is 13.0 Å². The van der Waals surface area contributed by atoms with Crippen LogP contribution in [0.2, 0.25) is 0 Å². The third-order valence-corrected chi connectivity index (χ3v) is 4.09. The van der Waals surface area contributed by atoms with Gasteiger partial charge in [-0.1, -0.05) is 18.9 Å². The molecule has 0 aliphatic heterocycles. The van der Waals surface area contributed by atoms with E-state index in [0.29, 0.717) is 0 Å². The molecule has 2 atom stereocenters. The fourth-order valence-corrected chi connectivity index (χ4v) is 2.70. The number of nitrogens with two attached hydrogens (primary N) is 1. The Labute approximate surface area is 108 Å². The van der Waals surface area contributed by atoms with Crippen molar-refractivity contribution in [1.29, 1.82) is 0 Å². The molecule has 1 saturated carbocycles. The number of rotatable bonds is 5. The summed E-state index contributed by atoms with van der Waals surface area (Å²) in [6.07, 6.45) is 5.05. The van der Waals surface area contributed by atoms with Gasteiger partial charge in [0.05, 0.1) is 19.3 Å². The van der Waals surface area contributed by atoms with Crippen LogP contribution >= 0.6 is 0 Å². The fourth-order valence-electron chi connectivity index (χ4n) is 2.70. The van der Waals surface area contributed by atoms with Crippen LogP contribution in [-0.2, 0) is 11.2 Å². The summed E-state index contributed by atoms with van der Waals surface area (Å²) in [6, 6.07) is 6.15. The zero-order valence-corrected chi connectivity index (χ0v) is 10.9. The molecule has 2 aliphatic rings.